The van der Waals surface area contributed by atoms with Crippen LogP contribution in [-0.2, 0) is 15.9 Å². The van der Waals surface area contributed by atoms with Gasteiger partial charge in [-0.15, -0.1) is 0 Å². The standard InChI is InChI=1S/C14H21NO2/c1-15-13(14-11-16-9-10-17-14)8-7-12-5-3-2-4-6-12/h2-6,13-15H,7-11H2,1H3. The van der Waals surface area contributed by atoms with Gasteiger partial charge in [0.05, 0.1) is 25.9 Å². The van der Waals surface area contributed by atoms with Gasteiger partial charge in [-0.05, 0) is 25.5 Å². The maximum Gasteiger partial charge on any atom is 0.0962 e. The smallest absolute Gasteiger partial charge is 0.0962 e. The summed E-state index contributed by atoms with van der Waals surface area (Å²) in [5.74, 6) is 0. The molecule has 1 aliphatic heterocycles. The molecule has 94 valence electrons. The van der Waals surface area contributed by atoms with Gasteiger partial charge in [0.15, 0.2) is 0 Å². The molecular weight excluding hydrogens is 214 g/mol. The Bertz CT molecular complexity index is 309. The van der Waals surface area contributed by atoms with Crippen LogP contribution in [0.5, 0.6) is 0 Å². The highest BCUT2D eigenvalue weighted by molar-refractivity contribution is 5.14. The lowest BCUT2D eigenvalue weighted by Gasteiger charge is -2.30. The van der Waals surface area contributed by atoms with Gasteiger partial charge in [-0.3, -0.25) is 0 Å². The first-order chi connectivity index (χ1) is 8.40. The van der Waals surface area contributed by atoms with Crippen molar-refractivity contribution in [3.63, 3.8) is 0 Å². The number of rotatable bonds is 5. The molecule has 1 heterocycles. The lowest BCUT2D eigenvalue weighted by molar-refractivity contribution is -0.101. The van der Waals surface area contributed by atoms with E-state index in [0.717, 1.165) is 19.4 Å². The van der Waals surface area contributed by atoms with Gasteiger partial charge < -0.3 is 14.8 Å². The first-order valence-corrected chi connectivity index (χ1v) is 6.30. The summed E-state index contributed by atoms with van der Waals surface area (Å²) in [5.41, 5.74) is 1.38. The van der Waals surface area contributed by atoms with E-state index in [1.807, 2.05) is 7.05 Å². The Kier molecular flexibility index (Phi) is 4.98. The van der Waals surface area contributed by atoms with Crippen molar-refractivity contribution in [2.45, 2.75) is 25.0 Å². The van der Waals surface area contributed by atoms with Crippen molar-refractivity contribution in [3.8, 4) is 0 Å². The summed E-state index contributed by atoms with van der Waals surface area (Å²) in [6.07, 6.45) is 2.35. The molecule has 2 atom stereocenters. The number of aryl methyl sites for hydroxylation is 1. The molecule has 0 radical (unpaired) electrons. The SMILES string of the molecule is CNC(CCc1ccccc1)C1COCCO1. The Labute approximate surface area is 103 Å². The Balaban J connectivity index is 1.82. The van der Waals surface area contributed by atoms with Crippen molar-refractivity contribution in [2.75, 3.05) is 26.9 Å². The summed E-state index contributed by atoms with van der Waals surface area (Å²) in [4.78, 5) is 0. The third-order valence-electron chi connectivity index (χ3n) is 3.25. The van der Waals surface area contributed by atoms with Crippen LogP contribution in [0.1, 0.15) is 12.0 Å². The van der Waals surface area contributed by atoms with Crippen LogP contribution in [0.3, 0.4) is 0 Å². The second-order valence-electron chi connectivity index (χ2n) is 4.40. The van der Waals surface area contributed by atoms with E-state index in [2.05, 4.69) is 35.6 Å². The molecule has 0 bridgehead atoms. The average molecular weight is 235 g/mol. The first kappa shape index (κ1) is 12.6. The molecule has 1 aromatic carbocycles. The van der Waals surface area contributed by atoms with E-state index in [1.54, 1.807) is 0 Å². The number of hydrogen-bond donors (Lipinski definition) is 1. The molecule has 0 aliphatic carbocycles. The monoisotopic (exact) mass is 235 g/mol. The topological polar surface area (TPSA) is 30.5 Å². The highest BCUT2D eigenvalue weighted by Gasteiger charge is 2.23. The number of hydrogen-bond acceptors (Lipinski definition) is 3. The molecule has 0 spiro atoms. The largest absolute Gasteiger partial charge is 0.376 e. The zero-order valence-electron chi connectivity index (χ0n) is 10.4. The Morgan fingerprint density at radius 1 is 1.29 bits per heavy atom. The van der Waals surface area contributed by atoms with Crippen molar-refractivity contribution in [1.29, 1.82) is 0 Å². The summed E-state index contributed by atoms with van der Waals surface area (Å²) >= 11 is 0. The molecule has 1 saturated heterocycles. The lowest BCUT2D eigenvalue weighted by atomic mass is 10.0. The van der Waals surface area contributed by atoms with E-state index < -0.39 is 0 Å². The van der Waals surface area contributed by atoms with Crippen LogP contribution in [0.15, 0.2) is 30.3 Å². The van der Waals surface area contributed by atoms with Gasteiger partial charge in [-0.25, -0.2) is 0 Å². The van der Waals surface area contributed by atoms with E-state index in [1.165, 1.54) is 5.56 Å². The Hall–Kier alpha value is -0.900. The van der Waals surface area contributed by atoms with Crippen LogP contribution in [0.2, 0.25) is 0 Å². The third-order valence-corrected chi connectivity index (χ3v) is 3.25. The fraction of sp³-hybridized carbons (Fsp3) is 0.571. The van der Waals surface area contributed by atoms with E-state index >= 15 is 0 Å². The molecule has 0 aromatic heterocycles. The van der Waals surface area contributed by atoms with Crippen molar-refractivity contribution < 1.29 is 9.47 Å². The summed E-state index contributed by atoms with van der Waals surface area (Å²) in [7, 11) is 1.99. The van der Waals surface area contributed by atoms with Crippen LogP contribution in [0, 0.1) is 0 Å². The van der Waals surface area contributed by atoms with Crippen molar-refractivity contribution >= 4 is 0 Å². The molecule has 1 aromatic rings. The van der Waals surface area contributed by atoms with Crippen LogP contribution >= 0.6 is 0 Å². The van der Waals surface area contributed by atoms with Crippen LogP contribution in [0.4, 0.5) is 0 Å². The molecule has 17 heavy (non-hydrogen) atoms. The number of likely N-dealkylation sites (N-methyl/N-ethyl adjacent to an activating group) is 1. The molecule has 0 saturated carbocycles. The van der Waals surface area contributed by atoms with Gasteiger partial charge in [0.25, 0.3) is 0 Å². The van der Waals surface area contributed by atoms with E-state index in [9.17, 15) is 0 Å². The van der Waals surface area contributed by atoms with Crippen LogP contribution in [0.25, 0.3) is 0 Å². The van der Waals surface area contributed by atoms with E-state index in [0.29, 0.717) is 19.3 Å². The maximum atomic E-state index is 5.73. The minimum Gasteiger partial charge on any atom is -0.376 e. The van der Waals surface area contributed by atoms with Gasteiger partial charge in [0.2, 0.25) is 0 Å². The second kappa shape index (κ2) is 6.74. The Morgan fingerprint density at radius 2 is 2.12 bits per heavy atom. The van der Waals surface area contributed by atoms with Gasteiger partial charge in [-0.2, -0.15) is 0 Å². The predicted octanol–water partition coefficient (Wildman–Crippen LogP) is 1.62. The predicted molar refractivity (Wildman–Crippen MR) is 68.2 cm³/mol. The average Bonchev–Trinajstić information content (AvgIpc) is 2.42. The van der Waals surface area contributed by atoms with Gasteiger partial charge >= 0.3 is 0 Å². The zero-order chi connectivity index (χ0) is 11.9. The minimum atomic E-state index is 0.192. The van der Waals surface area contributed by atoms with Gasteiger partial charge in [-0.1, -0.05) is 30.3 Å². The molecule has 1 fully saturated rings. The molecule has 2 unspecified atom stereocenters. The molecule has 3 heteroatoms. The van der Waals surface area contributed by atoms with Gasteiger partial charge in [0.1, 0.15) is 0 Å². The van der Waals surface area contributed by atoms with Crippen molar-refractivity contribution in [1.82, 2.24) is 5.32 Å². The highest BCUT2D eigenvalue weighted by atomic mass is 16.6. The van der Waals surface area contributed by atoms with Crippen molar-refractivity contribution in [2.24, 2.45) is 0 Å². The third kappa shape index (κ3) is 3.80. The highest BCUT2D eigenvalue weighted by Crippen LogP contribution is 2.12. The molecule has 3 nitrogen and oxygen atoms in total. The van der Waals surface area contributed by atoms with Crippen LogP contribution < -0.4 is 5.32 Å². The quantitative estimate of drug-likeness (QED) is 0.841. The molecule has 0 amide bonds. The maximum absolute atomic E-state index is 5.73. The Morgan fingerprint density at radius 3 is 2.76 bits per heavy atom. The zero-order valence-corrected chi connectivity index (χ0v) is 10.4. The lowest BCUT2D eigenvalue weighted by Crippen LogP contribution is -2.45. The fourth-order valence-electron chi connectivity index (χ4n) is 2.22. The van der Waals surface area contributed by atoms with E-state index in [4.69, 9.17) is 9.47 Å². The molecule has 2 rings (SSSR count). The van der Waals surface area contributed by atoms with Crippen molar-refractivity contribution in [3.05, 3.63) is 35.9 Å². The molecule has 1 N–H and O–H groups in total. The van der Waals surface area contributed by atoms with Gasteiger partial charge in [0, 0.05) is 6.04 Å². The second-order valence-corrected chi connectivity index (χ2v) is 4.40. The summed E-state index contributed by atoms with van der Waals surface area (Å²) in [6, 6.07) is 10.9. The normalized spacial score (nSPS) is 22.3. The summed E-state index contributed by atoms with van der Waals surface area (Å²) < 4.78 is 11.2. The number of nitrogens with one attached hydrogen (secondary N) is 1. The summed E-state index contributed by atoms with van der Waals surface area (Å²) in [5, 5.41) is 3.34. The minimum absolute atomic E-state index is 0.192. The molecular formula is C14H21NO2. The molecule has 1 aliphatic rings. The number of benzene rings is 1. The van der Waals surface area contributed by atoms with E-state index in [-0.39, 0.29) is 6.10 Å². The first-order valence-electron chi connectivity index (χ1n) is 6.30. The van der Waals surface area contributed by atoms with Crippen LogP contribution in [-0.4, -0.2) is 39.0 Å². The number of ether oxygens (including phenoxy) is 2. The summed E-state index contributed by atoms with van der Waals surface area (Å²) in [6.45, 7) is 2.15. The fourth-order valence-corrected chi connectivity index (χ4v) is 2.22.